The number of halogens is 3. The van der Waals surface area contributed by atoms with Crippen molar-refractivity contribution >= 4 is 28.3 Å². The van der Waals surface area contributed by atoms with Crippen molar-refractivity contribution in [3.05, 3.63) is 114 Å². The Kier molecular flexibility index (Phi) is 7.11. The number of fused-ring (bicyclic) bond motifs is 1. The van der Waals surface area contributed by atoms with Crippen molar-refractivity contribution in [2.45, 2.75) is 19.3 Å². The number of rotatable bonds is 7. The fourth-order valence-corrected chi connectivity index (χ4v) is 4.53. The molecule has 0 aliphatic heterocycles. The maximum Gasteiger partial charge on any atom is 0.471 e. The van der Waals surface area contributed by atoms with E-state index in [1.54, 1.807) is 36.4 Å². The Hall–Kier alpha value is -4.59. The third-order valence-electron chi connectivity index (χ3n) is 6.56. The van der Waals surface area contributed by atoms with Gasteiger partial charge in [-0.2, -0.15) is 13.2 Å². The minimum absolute atomic E-state index is 0.156. The second kappa shape index (κ2) is 10.6. The van der Waals surface area contributed by atoms with E-state index in [9.17, 15) is 18.0 Å². The lowest BCUT2D eigenvalue weighted by Gasteiger charge is -2.24. The normalized spacial score (nSPS) is 11.5. The number of nitrogens with zero attached hydrogens (tertiary/aromatic N) is 4. The number of alkyl halides is 3. The van der Waals surface area contributed by atoms with E-state index >= 15 is 0 Å². The number of hydrogen-bond donors (Lipinski definition) is 0. The second-order valence-corrected chi connectivity index (χ2v) is 9.49. The Morgan fingerprint density at radius 3 is 2.03 bits per heavy atom. The van der Waals surface area contributed by atoms with Crippen molar-refractivity contribution in [2.24, 2.45) is 0 Å². The van der Waals surface area contributed by atoms with Crippen LogP contribution in [-0.2, 0) is 17.9 Å². The van der Waals surface area contributed by atoms with Crippen LogP contribution < -0.4 is 9.80 Å². The fourth-order valence-electron chi connectivity index (χ4n) is 4.53. The second-order valence-electron chi connectivity index (χ2n) is 9.49. The number of carbonyl (C=O) groups is 1. The van der Waals surface area contributed by atoms with Crippen molar-refractivity contribution in [3.63, 3.8) is 0 Å². The summed E-state index contributed by atoms with van der Waals surface area (Å²) in [6.45, 7) is 0.373. The third-order valence-corrected chi connectivity index (χ3v) is 6.56. The number of benzene rings is 4. The molecule has 0 radical (unpaired) electrons. The molecule has 1 heterocycles. The fraction of sp³-hybridized carbons (Fsp3) is 0.161. The van der Waals surface area contributed by atoms with Gasteiger partial charge in [-0.15, -0.1) is 0 Å². The molecule has 5 nitrogen and oxygen atoms in total. The van der Waals surface area contributed by atoms with E-state index in [2.05, 4.69) is 4.57 Å². The lowest BCUT2D eigenvalue weighted by molar-refractivity contribution is -0.170. The van der Waals surface area contributed by atoms with Crippen molar-refractivity contribution in [1.29, 1.82) is 0 Å². The molecule has 1 amide bonds. The number of hydrogen-bond acceptors (Lipinski definition) is 3. The predicted molar refractivity (Wildman–Crippen MR) is 149 cm³/mol. The monoisotopic (exact) mass is 528 g/mol. The average Bonchev–Trinajstić information content (AvgIpc) is 3.30. The van der Waals surface area contributed by atoms with E-state index in [1.807, 2.05) is 85.7 Å². The van der Waals surface area contributed by atoms with Gasteiger partial charge in [0.2, 0.25) is 0 Å². The Morgan fingerprint density at radius 1 is 0.769 bits per heavy atom. The third kappa shape index (κ3) is 5.65. The number of aromatic nitrogens is 2. The molecule has 0 fully saturated rings. The van der Waals surface area contributed by atoms with Gasteiger partial charge in [-0.1, -0.05) is 54.6 Å². The van der Waals surface area contributed by atoms with Crippen LogP contribution in [0.1, 0.15) is 11.1 Å². The molecule has 39 heavy (non-hydrogen) atoms. The van der Waals surface area contributed by atoms with Gasteiger partial charge in [-0.05, 0) is 59.7 Å². The summed E-state index contributed by atoms with van der Waals surface area (Å²) >= 11 is 0. The molecule has 0 aliphatic rings. The largest absolute Gasteiger partial charge is 0.471 e. The summed E-state index contributed by atoms with van der Waals surface area (Å²) in [7, 11) is 3.76. The number of anilines is 2. The van der Waals surface area contributed by atoms with Crippen LogP contribution in [0.25, 0.3) is 22.4 Å². The van der Waals surface area contributed by atoms with Crippen LogP contribution in [0.3, 0.4) is 0 Å². The summed E-state index contributed by atoms with van der Waals surface area (Å²) in [5.41, 5.74) is 5.27. The van der Waals surface area contributed by atoms with Crippen LogP contribution >= 0.6 is 0 Å². The Morgan fingerprint density at radius 2 is 1.38 bits per heavy atom. The Labute approximate surface area is 224 Å². The topological polar surface area (TPSA) is 41.4 Å². The molecule has 5 aromatic rings. The van der Waals surface area contributed by atoms with Gasteiger partial charge in [-0.25, -0.2) is 4.98 Å². The van der Waals surface area contributed by atoms with E-state index < -0.39 is 12.1 Å². The summed E-state index contributed by atoms with van der Waals surface area (Å²) in [5.74, 6) is -1.22. The van der Waals surface area contributed by atoms with Gasteiger partial charge >= 0.3 is 12.1 Å². The first kappa shape index (κ1) is 26.0. The van der Waals surface area contributed by atoms with Crippen LogP contribution in [0.5, 0.6) is 0 Å². The van der Waals surface area contributed by atoms with Crippen molar-refractivity contribution in [2.75, 3.05) is 23.9 Å². The molecule has 0 saturated carbocycles. The van der Waals surface area contributed by atoms with Gasteiger partial charge in [0.05, 0.1) is 17.6 Å². The van der Waals surface area contributed by atoms with E-state index in [-0.39, 0.29) is 12.2 Å². The van der Waals surface area contributed by atoms with Gasteiger partial charge in [0, 0.05) is 37.6 Å². The zero-order chi connectivity index (χ0) is 27.6. The molecule has 0 unspecified atom stereocenters. The molecule has 1 aromatic heterocycles. The molecular weight excluding hydrogens is 501 g/mol. The molecule has 0 saturated heterocycles. The van der Waals surface area contributed by atoms with Crippen LogP contribution in [0.2, 0.25) is 0 Å². The molecule has 0 spiro atoms. The maximum atomic E-state index is 13.6. The molecular formula is C31H27F3N4O. The highest BCUT2D eigenvalue weighted by molar-refractivity contribution is 5.97. The van der Waals surface area contributed by atoms with Gasteiger partial charge in [0.1, 0.15) is 5.82 Å². The van der Waals surface area contributed by atoms with Gasteiger partial charge < -0.3 is 14.4 Å². The number of para-hydroxylation sites is 2. The molecule has 5 rings (SSSR count). The Balaban J connectivity index is 1.50. The first-order valence-electron chi connectivity index (χ1n) is 12.5. The lowest BCUT2D eigenvalue weighted by Crippen LogP contribution is -2.40. The summed E-state index contributed by atoms with van der Waals surface area (Å²) < 4.78 is 42.8. The highest BCUT2D eigenvalue weighted by atomic mass is 19.4. The van der Waals surface area contributed by atoms with Crippen molar-refractivity contribution in [3.8, 4) is 11.4 Å². The smallest absolute Gasteiger partial charge is 0.378 e. The molecule has 198 valence electrons. The van der Waals surface area contributed by atoms with Crippen molar-refractivity contribution in [1.82, 2.24) is 9.55 Å². The van der Waals surface area contributed by atoms with Crippen molar-refractivity contribution < 1.29 is 18.0 Å². The number of carbonyl (C=O) groups excluding carboxylic acids is 1. The van der Waals surface area contributed by atoms with Crippen LogP contribution in [0, 0.1) is 0 Å². The van der Waals surface area contributed by atoms with E-state index in [0.717, 1.165) is 32.7 Å². The van der Waals surface area contributed by atoms with Gasteiger partial charge in [0.25, 0.3) is 0 Å². The van der Waals surface area contributed by atoms with Crippen LogP contribution in [-0.4, -0.2) is 35.7 Å². The first-order chi connectivity index (χ1) is 18.7. The zero-order valence-electron chi connectivity index (χ0n) is 21.6. The van der Waals surface area contributed by atoms with E-state index in [1.165, 1.54) is 0 Å². The first-order valence-corrected chi connectivity index (χ1v) is 12.5. The highest BCUT2D eigenvalue weighted by Gasteiger charge is 2.43. The van der Waals surface area contributed by atoms with E-state index in [0.29, 0.717) is 17.9 Å². The molecule has 4 aromatic carbocycles. The van der Waals surface area contributed by atoms with Crippen LogP contribution in [0.15, 0.2) is 103 Å². The molecule has 8 heteroatoms. The number of amides is 1. The van der Waals surface area contributed by atoms with E-state index in [4.69, 9.17) is 4.98 Å². The average molecular weight is 529 g/mol. The molecule has 0 aliphatic carbocycles. The summed E-state index contributed by atoms with van der Waals surface area (Å²) in [4.78, 5) is 19.9. The molecule has 0 N–H and O–H groups in total. The van der Waals surface area contributed by atoms with Gasteiger partial charge in [-0.3, -0.25) is 4.79 Å². The lowest BCUT2D eigenvalue weighted by atomic mass is 10.1. The molecule has 0 bridgehead atoms. The standard InChI is InChI=1S/C31H27F3N4O/c1-36(2)25-16-12-23(13-17-25)20-37(30(39)31(32,33)34)26-18-14-24(15-19-26)29-35-27-10-6-7-11-28(27)38(29)21-22-8-4-3-5-9-22/h3-19H,20-21H2,1-2H3. The minimum Gasteiger partial charge on any atom is -0.378 e. The molecule has 0 atom stereocenters. The Bertz CT molecular complexity index is 1580. The SMILES string of the molecule is CN(C)c1ccc(CN(C(=O)C(F)(F)F)c2ccc(-c3nc4ccccc4n3Cc3ccccc3)cc2)cc1. The highest BCUT2D eigenvalue weighted by Crippen LogP contribution is 2.30. The summed E-state index contributed by atoms with van der Waals surface area (Å²) in [6.07, 6.45) is -5.01. The summed E-state index contributed by atoms with van der Waals surface area (Å²) in [5, 5.41) is 0. The summed E-state index contributed by atoms with van der Waals surface area (Å²) in [6, 6.07) is 31.4. The number of imidazole rings is 1. The zero-order valence-corrected chi connectivity index (χ0v) is 21.6. The maximum absolute atomic E-state index is 13.6. The van der Waals surface area contributed by atoms with Gasteiger partial charge in [0.15, 0.2) is 0 Å². The minimum atomic E-state index is -5.01. The quantitative estimate of drug-likeness (QED) is 0.230. The predicted octanol–water partition coefficient (Wildman–Crippen LogP) is 6.91. The van der Waals surface area contributed by atoms with Crippen LogP contribution in [0.4, 0.5) is 24.5 Å².